The lowest BCUT2D eigenvalue weighted by molar-refractivity contribution is -0.132. The minimum Gasteiger partial charge on any atom is -0.478 e. The van der Waals surface area contributed by atoms with Crippen molar-refractivity contribution in [3.8, 4) is 0 Å². The smallest absolute Gasteiger partial charge is 0.332 e. The van der Waals surface area contributed by atoms with Crippen LogP contribution in [0.2, 0.25) is 0 Å². The standard InChI is InChI=1S/C6H11NO2/c1-3-7-4-5(2)6(8)9/h7H,2-4H2,1H3,(H,8,9). The van der Waals surface area contributed by atoms with Crippen molar-refractivity contribution in [1.29, 1.82) is 0 Å². The summed E-state index contributed by atoms with van der Waals surface area (Å²) >= 11 is 0. The molecule has 0 unspecified atom stereocenters. The van der Waals surface area contributed by atoms with E-state index in [1.807, 2.05) is 6.92 Å². The van der Waals surface area contributed by atoms with E-state index < -0.39 is 5.97 Å². The molecule has 0 fully saturated rings. The molecule has 0 radical (unpaired) electrons. The Labute approximate surface area is 54.4 Å². The van der Waals surface area contributed by atoms with Gasteiger partial charge in [-0.1, -0.05) is 13.5 Å². The van der Waals surface area contributed by atoms with Crippen molar-refractivity contribution in [3.05, 3.63) is 12.2 Å². The molecule has 0 aliphatic carbocycles. The van der Waals surface area contributed by atoms with Crippen LogP contribution in [0.3, 0.4) is 0 Å². The van der Waals surface area contributed by atoms with E-state index >= 15 is 0 Å². The van der Waals surface area contributed by atoms with Crippen molar-refractivity contribution in [3.63, 3.8) is 0 Å². The van der Waals surface area contributed by atoms with Gasteiger partial charge in [0.2, 0.25) is 0 Å². The van der Waals surface area contributed by atoms with Gasteiger partial charge in [0.1, 0.15) is 0 Å². The lowest BCUT2D eigenvalue weighted by Gasteiger charge is -1.98. The maximum Gasteiger partial charge on any atom is 0.332 e. The zero-order chi connectivity index (χ0) is 7.28. The lowest BCUT2D eigenvalue weighted by Crippen LogP contribution is -2.19. The first-order chi connectivity index (χ1) is 4.18. The molecule has 0 bridgehead atoms. The third-order valence-corrected chi connectivity index (χ3v) is 0.891. The zero-order valence-corrected chi connectivity index (χ0v) is 5.48. The highest BCUT2D eigenvalue weighted by Gasteiger charge is 2.00. The summed E-state index contributed by atoms with van der Waals surface area (Å²) in [4.78, 5) is 10.1. The first-order valence-corrected chi connectivity index (χ1v) is 2.80. The minimum atomic E-state index is -0.934. The summed E-state index contributed by atoms with van der Waals surface area (Å²) in [6.07, 6.45) is 0. The van der Waals surface area contributed by atoms with Gasteiger partial charge in [0.25, 0.3) is 0 Å². The van der Waals surface area contributed by atoms with Crippen molar-refractivity contribution >= 4 is 5.97 Å². The summed E-state index contributed by atoms with van der Waals surface area (Å²) in [6, 6.07) is 0. The van der Waals surface area contributed by atoms with Gasteiger partial charge in [-0.15, -0.1) is 0 Å². The van der Waals surface area contributed by atoms with Crippen LogP contribution in [0.15, 0.2) is 12.2 Å². The van der Waals surface area contributed by atoms with Crippen molar-refractivity contribution in [1.82, 2.24) is 5.32 Å². The van der Waals surface area contributed by atoms with Crippen molar-refractivity contribution in [2.75, 3.05) is 13.1 Å². The Hall–Kier alpha value is -0.830. The fourth-order valence-electron chi connectivity index (χ4n) is 0.352. The molecule has 0 aliphatic rings. The van der Waals surface area contributed by atoms with Gasteiger partial charge in [0, 0.05) is 12.1 Å². The number of hydrogen-bond acceptors (Lipinski definition) is 2. The normalized spacial score (nSPS) is 9.00. The molecule has 0 aromatic rings. The Bertz CT molecular complexity index is 120. The SMILES string of the molecule is C=C(CNCC)C(=O)O. The molecule has 0 amide bonds. The molecular formula is C6H11NO2. The summed E-state index contributed by atoms with van der Waals surface area (Å²) in [5.41, 5.74) is 0.205. The Morgan fingerprint density at radius 2 is 2.33 bits per heavy atom. The van der Waals surface area contributed by atoms with E-state index in [9.17, 15) is 4.79 Å². The fraction of sp³-hybridized carbons (Fsp3) is 0.500. The minimum absolute atomic E-state index is 0.205. The van der Waals surface area contributed by atoms with E-state index in [4.69, 9.17) is 5.11 Å². The van der Waals surface area contributed by atoms with Crippen molar-refractivity contribution in [2.45, 2.75) is 6.92 Å². The third-order valence-electron chi connectivity index (χ3n) is 0.891. The quantitative estimate of drug-likeness (QED) is 0.534. The highest BCUT2D eigenvalue weighted by Crippen LogP contribution is 1.84. The van der Waals surface area contributed by atoms with Crippen LogP contribution in [0.25, 0.3) is 0 Å². The van der Waals surface area contributed by atoms with Crippen LogP contribution >= 0.6 is 0 Å². The second-order valence-electron chi connectivity index (χ2n) is 1.69. The highest BCUT2D eigenvalue weighted by atomic mass is 16.4. The zero-order valence-electron chi connectivity index (χ0n) is 5.48. The van der Waals surface area contributed by atoms with Gasteiger partial charge in [0.05, 0.1) is 0 Å². The van der Waals surface area contributed by atoms with E-state index in [1.165, 1.54) is 0 Å². The van der Waals surface area contributed by atoms with Crippen LogP contribution in [-0.2, 0) is 4.79 Å². The Morgan fingerprint density at radius 3 is 2.67 bits per heavy atom. The van der Waals surface area contributed by atoms with E-state index in [2.05, 4.69) is 11.9 Å². The van der Waals surface area contributed by atoms with Crippen molar-refractivity contribution < 1.29 is 9.90 Å². The molecule has 0 spiro atoms. The molecule has 9 heavy (non-hydrogen) atoms. The van der Waals surface area contributed by atoms with Crippen molar-refractivity contribution in [2.24, 2.45) is 0 Å². The molecule has 52 valence electrons. The molecule has 0 aromatic heterocycles. The predicted octanol–water partition coefficient (Wildman–Crippen LogP) is 0.237. The van der Waals surface area contributed by atoms with E-state index in [-0.39, 0.29) is 5.57 Å². The summed E-state index contributed by atoms with van der Waals surface area (Å²) in [7, 11) is 0. The largest absolute Gasteiger partial charge is 0.478 e. The topological polar surface area (TPSA) is 49.3 Å². The Morgan fingerprint density at radius 1 is 1.78 bits per heavy atom. The van der Waals surface area contributed by atoms with Gasteiger partial charge < -0.3 is 10.4 Å². The van der Waals surface area contributed by atoms with Gasteiger partial charge in [0.15, 0.2) is 0 Å². The number of carboxylic acid groups (broad SMARTS) is 1. The Kier molecular flexibility index (Phi) is 3.71. The number of hydrogen-bond donors (Lipinski definition) is 2. The predicted molar refractivity (Wildman–Crippen MR) is 35.3 cm³/mol. The number of carboxylic acids is 1. The Balaban J connectivity index is 3.39. The van der Waals surface area contributed by atoms with Crippen LogP contribution in [0, 0.1) is 0 Å². The molecule has 0 rings (SSSR count). The first-order valence-electron chi connectivity index (χ1n) is 2.80. The second-order valence-corrected chi connectivity index (χ2v) is 1.69. The molecule has 3 heteroatoms. The number of aliphatic carboxylic acids is 1. The molecule has 0 saturated carbocycles. The number of carbonyl (C=O) groups is 1. The second kappa shape index (κ2) is 4.09. The van der Waals surface area contributed by atoms with Crippen LogP contribution in [0.1, 0.15) is 6.92 Å². The highest BCUT2D eigenvalue weighted by molar-refractivity contribution is 5.86. The average Bonchev–Trinajstić information content (AvgIpc) is 1.82. The summed E-state index contributed by atoms with van der Waals surface area (Å²) in [5.74, 6) is -0.934. The molecular weight excluding hydrogens is 118 g/mol. The molecule has 0 heterocycles. The van der Waals surface area contributed by atoms with Crippen LogP contribution < -0.4 is 5.32 Å². The fourth-order valence-corrected chi connectivity index (χ4v) is 0.352. The number of likely N-dealkylation sites (N-methyl/N-ethyl adjacent to an activating group) is 1. The maximum atomic E-state index is 10.1. The summed E-state index contributed by atoms with van der Waals surface area (Å²) in [6.45, 7) is 6.38. The van der Waals surface area contributed by atoms with Gasteiger partial charge in [-0.25, -0.2) is 4.79 Å². The average molecular weight is 129 g/mol. The lowest BCUT2D eigenvalue weighted by atomic mass is 10.3. The molecule has 0 atom stereocenters. The summed E-state index contributed by atoms with van der Waals surface area (Å²) < 4.78 is 0. The molecule has 2 N–H and O–H groups in total. The van der Waals surface area contributed by atoms with E-state index in [0.717, 1.165) is 6.54 Å². The van der Waals surface area contributed by atoms with Crippen LogP contribution in [0.5, 0.6) is 0 Å². The maximum absolute atomic E-state index is 10.1. The van der Waals surface area contributed by atoms with Gasteiger partial charge in [-0.2, -0.15) is 0 Å². The van der Waals surface area contributed by atoms with Gasteiger partial charge in [-0.3, -0.25) is 0 Å². The molecule has 0 aromatic carbocycles. The molecule has 0 aliphatic heterocycles. The molecule has 3 nitrogen and oxygen atoms in total. The number of nitrogens with one attached hydrogen (secondary N) is 1. The monoisotopic (exact) mass is 129 g/mol. The van der Waals surface area contributed by atoms with Crippen LogP contribution in [-0.4, -0.2) is 24.2 Å². The molecule has 0 saturated heterocycles. The third kappa shape index (κ3) is 3.73. The van der Waals surface area contributed by atoms with E-state index in [1.54, 1.807) is 0 Å². The van der Waals surface area contributed by atoms with Gasteiger partial charge in [-0.05, 0) is 6.54 Å². The first kappa shape index (κ1) is 8.17. The summed E-state index contributed by atoms with van der Waals surface area (Å²) in [5, 5.41) is 11.1. The number of rotatable bonds is 4. The van der Waals surface area contributed by atoms with E-state index in [0.29, 0.717) is 6.54 Å². The van der Waals surface area contributed by atoms with Gasteiger partial charge >= 0.3 is 5.97 Å². The van der Waals surface area contributed by atoms with Crippen LogP contribution in [0.4, 0.5) is 0 Å².